The zero-order valence-electron chi connectivity index (χ0n) is 10.6. The molecule has 0 saturated heterocycles. The Kier molecular flexibility index (Phi) is 3.20. The second-order valence-electron chi connectivity index (χ2n) is 4.28. The minimum atomic E-state index is 0.457. The topological polar surface area (TPSA) is 52.5 Å². The number of anilines is 1. The van der Waals surface area contributed by atoms with Gasteiger partial charge in [0.2, 0.25) is 0 Å². The van der Waals surface area contributed by atoms with Crippen molar-refractivity contribution in [2.45, 2.75) is 0 Å². The fraction of sp³-hybridized carbons (Fsp3) is 0.0714. The van der Waals surface area contributed by atoms with Crippen molar-refractivity contribution in [1.29, 1.82) is 0 Å². The van der Waals surface area contributed by atoms with E-state index in [0.29, 0.717) is 27.2 Å². The van der Waals surface area contributed by atoms with Crippen molar-refractivity contribution in [3.63, 3.8) is 0 Å². The molecule has 20 heavy (non-hydrogen) atoms. The summed E-state index contributed by atoms with van der Waals surface area (Å²) in [6.45, 7) is 0. The highest BCUT2D eigenvalue weighted by molar-refractivity contribution is 6.36. The highest BCUT2D eigenvalue weighted by Crippen LogP contribution is 2.32. The molecule has 3 aromatic rings. The molecule has 1 aromatic carbocycles. The van der Waals surface area contributed by atoms with Crippen LogP contribution in [0.15, 0.2) is 36.5 Å². The molecule has 0 aliphatic carbocycles. The van der Waals surface area contributed by atoms with Crippen LogP contribution in [0.2, 0.25) is 10.0 Å². The molecule has 0 radical (unpaired) electrons. The molecule has 0 aliphatic heterocycles. The lowest BCUT2D eigenvalue weighted by molar-refractivity contribution is 0.415. The fourth-order valence-corrected chi connectivity index (χ4v) is 2.59. The van der Waals surface area contributed by atoms with Crippen LogP contribution < -0.4 is 10.5 Å². The number of halogens is 2. The van der Waals surface area contributed by atoms with Gasteiger partial charge < -0.3 is 10.5 Å². The molecule has 4 nitrogen and oxygen atoms in total. The molecular formula is C14H11Cl2N3O. The molecule has 0 atom stereocenters. The Morgan fingerprint density at radius 3 is 2.80 bits per heavy atom. The second kappa shape index (κ2) is 4.89. The summed E-state index contributed by atoms with van der Waals surface area (Å²) in [6.07, 6.45) is 1.69. The standard InChI is InChI=1S/C14H11Cl2N3O/c1-20-10-4-2-3-8(5-10)12-13(17)19-7-9(15)6-11(16)14(19)18-12/h2-7H,17H2,1H3. The average Bonchev–Trinajstić information content (AvgIpc) is 2.77. The third-order valence-electron chi connectivity index (χ3n) is 3.02. The molecule has 6 heteroatoms. The molecule has 2 aromatic heterocycles. The summed E-state index contributed by atoms with van der Waals surface area (Å²) in [7, 11) is 1.61. The van der Waals surface area contributed by atoms with Gasteiger partial charge >= 0.3 is 0 Å². The van der Waals surface area contributed by atoms with Crippen LogP contribution in [-0.2, 0) is 0 Å². The van der Waals surface area contributed by atoms with E-state index in [1.807, 2.05) is 24.3 Å². The van der Waals surface area contributed by atoms with Gasteiger partial charge in [0.25, 0.3) is 0 Å². The van der Waals surface area contributed by atoms with Crippen LogP contribution in [0.1, 0.15) is 0 Å². The van der Waals surface area contributed by atoms with Crippen molar-refractivity contribution < 1.29 is 4.74 Å². The Morgan fingerprint density at radius 1 is 1.25 bits per heavy atom. The number of benzene rings is 1. The summed E-state index contributed by atoms with van der Waals surface area (Å²) in [5.41, 5.74) is 8.22. The monoisotopic (exact) mass is 307 g/mol. The number of imidazole rings is 1. The largest absolute Gasteiger partial charge is 0.497 e. The van der Waals surface area contributed by atoms with E-state index in [9.17, 15) is 0 Å². The molecule has 0 amide bonds. The van der Waals surface area contributed by atoms with Crippen molar-refractivity contribution in [2.24, 2.45) is 0 Å². The number of nitrogens with two attached hydrogens (primary N) is 1. The van der Waals surface area contributed by atoms with Gasteiger partial charge in [0.05, 0.1) is 17.2 Å². The Morgan fingerprint density at radius 2 is 2.05 bits per heavy atom. The molecule has 3 rings (SSSR count). The molecule has 0 aliphatic rings. The van der Waals surface area contributed by atoms with Crippen molar-refractivity contribution in [2.75, 3.05) is 12.8 Å². The molecule has 0 fully saturated rings. The normalized spacial score (nSPS) is 10.9. The number of aromatic nitrogens is 2. The van der Waals surface area contributed by atoms with Gasteiger partial charge in [0, 0.05) is 11.8 Å². The zero-order chi connectivity index (χ0) is 14.3. The summed E-state index contributed by atoms with van der Waals surface area (Å²) >= 11 is 12.1. The highest BCUT2D eigenvalue weighted by Gasteiger charge is 2.14. The predicted octanol–water partition coefficient (Wildman–Crippen LogP) is 3.90. The number of hydrogen-bond acceptors (Lipinski definition) is 3. The SMILES string of the molecule is COc1cccc(-c2nc3c(Cl)cc(Cl)cn3c2N)c1. The first-order valence-corrected chi connectivity index (χ1v) is 6.62. The number of fused-ring (bicyclic) bond motifs is 1. The first-order chi connectivity index (χ1) is 9.60. The van der Waals surface area contributed by atoms with Crippen molar-refractivity contribution >= 4 is 34.7 Å². The van der Waals surface area contributed by atoms with Crippen LogP contribution in [0, 0.1) is 0 Å². The summed E-state index contributed by atoms with van der Waals surface area (Å²) in [6, 6.07) is 9.16. The number of nitrogens with zero attached hydrogens (tertiary/aromatic N) is 2. The van der Waals surface area contributed by atoms with E-state index in [1.54, 1.807) is 23.8 Å². The summed E-state index contributed by atoms with van der Waals surface area (Å²) in [5, 5.41) is 0.960. The Labute approximate surface area is 125 Å². The third-order valence-corrected chi connectivity index (χ3v) is 3.51. The first kappa shape index (κ1) is 13.1. The van der Waals surface area contributed by atoms with Gasteiger partial charge in [-0.3, -0.25) is 4.40 Å². The van der Waals surface area contributed by atoms with E-state index in [0.717, 1.165) is 11.3 Å². The molecule has 2 N–H and O–H groups in total. The summed E-state index contributed by atoms with van der Waals surface area (Å²) < 4.78 is 6.89. The number of rotatable bonds is 2. The van der Waals surface area contributed by atoms with Crippen molar-refractivity contribution in [3.8, 4) is 17.0 Å². The van der Waals surface area contributed by atoms with Crippen LogP contribution in [0.25, 0.3) is 16.9 Å². The fourth-order valence-electron chi connectivity index (χ4n) is 2.07. The predicted molar refractivity (Wildman–Crippen MR) is 81.6 cm³/mol. The summed E-state index contributed by atoms with van der Waals surface area (Å²) in [5.74, 6) is 1.22. The van der Waals surface area contributed by atoms with E-state index in [-0.39, 0.29) is 0 Å². The first-order valence-electron chi connectivity index (χ1n) is 5.87. The van der Waals surface area contributed by atoms with Crippen molar-refractivity contribution in [1.82, 2.24) is 9.38 Å². The van der Waals surface area contributed by atoms with Gasteiger partial charge in [-0.15, -0.1) is 0 Å². The Bertz CT molecular complexity index is 798. The van der Waals surface area contributed by atoms with Gasteiger partial charge in [-0.1, -0.05) is 35.3 Å². The number of hydrogen-bond donors (Lipinski definition) is 1. The molecule has 102 valence electrons. The molecule has 0 saturated carbocycles. The second-order valence-corrected chi connectivity index (χ2v) is 5.12. The van der Waals surface area contributed by atoms with Crippen LogP contribution in [0.4, 0.5) is 5.82 Å². The number of nitrogen functional groups attached to an aromatic ring is 1. The van der Waals surface area contributed by atoms with Crippen LogP contribution in [0.5, 0.6) is 5.75 Å². The highest BCUT2D eigenvalue weighted by atomic mass is 35.5. The minimum Gasteiger partial charge on any atom is -0.497 e. The molecule has 0 spiro atoms. The van der Waals surface area contributed by atoms with Gasteiger partial charge in [0.15, 0.2) is 5.65 Å². The Hall–Kier alpha value is -1.91. The van der Waals surface area contributed by atoms with E-state index in [2.05, 4.69) is 4.98 Å². The lowest BCUT2D eigenvalue weighted by Crippen LogP contribution is -1.94. The molecule has 2 heterocycles. The van der Waals surface area contributed by atoms with E-state index in [1.165, 1.54) is 0 Å². The summed E-state index contributed by atoms with van der Waals surface area (Å²) in [4.78, 5) is 4.49. The quantitative estimate of drug-likeness (QED) is 0.781. The van der Waals surface area contributed by atoms with Crippen molar-refractivity contribution in [3.05, 3.63) is 46.6 Å². The lowest BCUT2D eigenvalue weighted by Gasteiger charge is -2.03. The van der Waals surface area contributed by atoms with Crippen LogP contribution >= 0.6 is 23.2 Å². The number of ether oxygens (including phenoxy) is 1. The smallest absolute Gasteiger partial charge is 0.158 e. The maximum absolute atomic E-state index is 6.15. The Balaban J connectivity index is 2.26. The van der Waals surface area contributed by atoms with Crippen LogP contribution in [-0.4, -0.2) is 16.5 Å². The molecule has 0 bridgehead atoms. The van der Waals surface area contributed by atoms with E-state index >= 15 is 0 Å². The average molecular weight is 308 g/mol. The molecule has 0 unspecified atom stereocenters. The van der Waals surface area contributed by atoms with Gasteiger partial charge in [-0.05, 0) is 18.2 Å². The van der Waals surface area contributed by atoms with E-state index < -0.39 is 0 Å². The van der Waals surface area contributed by atoms with Crippen LogP contribution in [0.3, 0.4) is 0 Å². The zero-order valence-corrected chi connectivity index (χ0v) is 12.1. The maximum atomic E-state index is 6.15. The third kappa shape index (κ3) is 2.07. The minimum absolute atomic E-state index is 0.457. The van der Waals surface area contributed by atoms with E-state index in [4.69, 9.17) is 33.7 Å². The molecular weight excluding hydrogens is 297 g/mol. The lowest BCUT2D eigenvalue weighted by atomic mass is 10.1. The maximum Gasteiger partial charge on any atom is 0.158 e. The van der Waals surface area contributed by atoms with Gasteiger partial charge in [-0.25, -0.2) is 4.98 Å². The van der Waals surface area contributed by atoms with Gasteiger partial charge in [0.1, 0.15) is 17.3 Å². The number of pyridine rings is 1. The van der Waals surface area contributed by atoms with Gasteiger partial charge in [-0.2, -0.15) is 0 Å². The number of methoxy groups -OCH3 is 1.